The summed E-state index contributed by atoms with van der Waals surface area (Å²) in [5.41, 5.74) is 1.06. The quantitative estimate of drug-likeness (QED) is 0.0985. The van der Waals surface area contributed by atoms with E-state index in [0.717, 1.165) is 50.6 Å². The van der Waals surface area contributed by atoms with Gasteiger partial charge in [-0.15, -0.1) is 0 Å². The van der Waals surface area contributed by atoms with Crippen molar-refractivity contribution in [3.05, 3.63) is 152 Å². The molecule has 1 saturated heterocycles. The van der Waals surface area contributed by atoms with E-state index in [0.29, 0.717) is 12.0 Å². The Kier molecular flexibility index (Phi) is 16.0. The van der Waals surface area contributed by atoms with Crippen molar-refractivity contribution in [2.45, 2.75) is 28.2 Å². The van der Waals surface area contributed by atoms with Gasteiger partial charge in [0.15, 0.2) is 0 Å². The van der Waals surface area contributed by atoms with Gasteiger partial charge in [0.05, 0.1) is 32.3 Å². The Morgan fingerprint density at radius 3 is 1.70 bits per heavy atom. The zero-order valence-electron chi connectivity index (χ0n) is 29.0. The van der Waals surface area contributed by atoms with Crippen LogP contribution in [0.5, 0.6) is 0 Å². The van der Waals surface area contributed by atoms with E-state index >= 15 is 0 Å². The number of carbonyl (C=O) groups excluding carboxylic acids is 1. The zero-order valence-corrected chi connectivity index (χ0v) is 32.2. The molecule has 5 rings (SSSR count). The van der Waals surface area contributed by atoms with Crippen molar-refractivity contribution in [3.8, 4) is 0 Å². The Balaban J connectivity index is 0.000000268. The van der Waals surface area contributed by atoms with Crippen molar-refractivity contribution in [1.29, 1.82) is 0 Å². The number of hydrogen-bond donors (Lipinski definition) is 3. The largest absolute Gasteiger partial charge is 0.394 e. The monoisotopic (exact) mass is 854 g/mol. The molecule has 4 aromatic rings. The van der Waals surface area contributed by atoms with Gasteiger partial charge in [0, 0.05) is 61.3 Å². The topological polar surface area (TPSA) is 273 Å². The minimum atomic E-state index is -4.67. The molecule has 0 radical (unpaired) electrons. The minimum Gasteiger partial charge on any atom is -0.387 e. The number of benzene rings is 4. The summed E-state index contributed by atoms with van der Waals surface area (Å²) in [6.45, 7) is 3.09. The van der Waals surface area contributed by atoms with Gasteiger partial charge in [-0.25, -0.2) is 16.8 Å². The summed E-state index contributed by atoms with van der Waals surface area (Å²) in [6.07, 6.45) is -0.768. The van der Waals surface area contributed by atoms with Crippen LogP contribution >= 0.6 is 11.6 Å². The van der Waals surface area contributed by atoms with Gasteiger partial charge in [-0.1, -0.05) is 78.8 Å². The lowest BCUT2D eigenvalue weighted by Gasteiger charge is -2.31. The second kappa shape index (κ2) is 19.8. The third-order valence-electron chi connectivity index (χ3n) is 7.80. The Hall–Kier alpha value is -4.97. The van der Waals surface area contributed by atoms with Crippen molar-refractivity contribution >= 4 is 59.2 Å². The van der Waals surface area contributed by atoms with Crippen molar-refractivity contribution in [1.82, 2.24) is 8.61 Å². The Labute approximate surface area is 327 Å². The Bertz CT molecular complexity index is 2330. The number of nitro benzene ring substituents is 2. The Morgan fingerprint density at radius 1 is 0.804 bits per heavy atom. The van der Waals surface area contributed by atoms with Gasteiger partial charge in [-0.2, -0.15) is 17.0 Å². The van der Waals surface area contributed by atoms with Gasteiger partial charge in [0.1, 0.15) is 5.78 Å². The molecule has 22 heteroatoms. The average Bonchev–Trinajstić information content (AvgIpc) is 3.14. The van der Waals surface area contributed by atoms with Crippen LogP contribution in [0.15, 0.2) is 131 Å². The maximum atomic E-state index is 12.9. The van der Waals surface area contributed by atoms with Crippen molar-refractivity contribution in [2.24, 2.45) is 0 Å². The van der Waals surface area contributed by atoms with Crippen molar-refractivity contribution in [2.75, 3.05) is 26.2 Å². The lowest BCUT2D eigenvalue weighted by atomic mass is 9.91. The van der Waals surface area contributed by atoms with Gasteiger partial charge in [-0.05, 0) is 35.4 Å². The van der Waals surface area contributed by atoms with Gasteiger partial charge in [0.25, 0.3) is 11.4 Å². The van der Waals surface area contributed by atoms with Crippen LogP contribution in [0.4, 0.5) is 11.4 Å². The van der Waals surface area contributed by atoms with Gasteiger partial charge in [0.2, 0.25) is 20.0 Å². The molecule has 1 aliphatic heterocycles. The first kappa shape index (κ1) is 45.4. The third kappa shape index (κ3) is 13.6. The number of piperidine rings is 1. The molecule has 1 heterocycles. The van der Waals surface area contributed by atoms with Crippen LogP contribution in [-0.2, 0) is 35.2 Å². The summed E-state index contributed by atoms with van der Waals surface area (Å²) in [4.78, 5) is 32.1. The smallest absolute Gasteiger partial charge is 0.387 e. The molecule has 300 valence electrons. The van der Waals surface area contributed by atoms with E-state index in [-0.39, 0.29) is 64.1 Å². The maximum Gasteiger partial charge on any atom is 0.394 e. The van der Waals surface area contributed by atoms with Gasteiger partial charge >= 0.3 is 10.4 Å². The molecule has 0 bridgehead atoms. The summed E-state index contributed by atoms with van der Waals surface area (Å²) >= 11 is 5.79. The Morgan fingerprint density at radius 2 is 1.25 bits per heavy atom. The molecule has 3 N–H and O–H groups in total. The number of ketones is 1. The second-order valence-corrected chi connectivity index (χ2v) is 17.1. The third-order valence-corrected chi connectivity index (χ3v) is 11.6. The van der Waals surface area contributed by atoms with Gasteiger partial charge < -0.3 is 5.11 Å². The van der Waals surface area contributed by atoms with E-state index in [1.54, 1.807) is 30.3 Å². The van der Waals surface area contributed by atoms with Crippen LogP contribution in [-0.4, -0.2) is 89.9 Å². The molecule has 18 nitrogen and oxygen atoms in total. The van der Waals surface area contributed by atoms with Crippen LogP contribution in [0.25, 0.3) is 0 Å². The molecule has 0 saturated carbocycles. The fraction of sp³-hybridized carbons (Fsp3) is 0.206. The van der Waals surface area contributed by atoms with E-state index in [2.05, 4.69) is 6.58 Å². The number of hydrogen-bond acceptors (Lipinski definition) is 12. The first-order chi connectivity index (χ1) is 26.1. The normalized spacial score (nSPS) is 15.4. The van der Waals surface area contributed by atoms with Crippen molar-refractivity contribution in [3.63, 3.8) is 0 Å². The fourth-order valence-electron chi connectivity index (χ4n) is 5.23. The number of halogens is 1. The molecular weight excluding hydrogens is 820 g/mol. The molecule has 0 amide bonds. The first-order valence-electron chi connectivity index (χ1n) is 15.9. The number of aliphatic hydroxyl groups excluding tert-OH is 1. The summed E-state index contributed by atoms with van der Waals surface area (Å²) in [5, 5.41) is 31.9. The number of nitrogens with zero attached hydrogens (tertiary/aromatic N) is 4. The van der Waals surface area contributed by atoms with E-state index < -0.39 is 46.4 Å². The number of non-ortho nitro benzene ring substituents is 2. The first-order valence-corrected chi connectivity index (χ1v) is 20.6. The van der Waals surface area contributed by atoms with Crippen molar-refractivity contribution < 1.29 is 54.1 Å². The van der Waals surface area contributed by atoms with E-state index in [1.807, 2.05) is 30.3 Å². The average molecular weight is 855 g/mol. The van der Waals surface area contributed by atoms with Crippen LogP contribution < -0.4 is 0 Å². The lowest BCUT2D eigenvalue weighted by Crippen LogP contribution is -2.43. The van der Waals surface area contributed by atoms with Gasteiger partial charge in [-0.3, -0.25) is 34.1 Å². The highest BCUT2D eigenvalue weighted by Crippen LogP contribution is 2.30. The molecular formula is C34H35ClN4O14S3. The summed E-state index contributed by atoms with van der Waals surface area (Å²) in [7, 11) is -12.6. The molecule has 0 aliphatic carbocycles. The predicted molar refractivity (Wildman–Crippen MR) is 203 cm³/mol. The predicted octanol–water partition coefficient (Wildman–Crippen LogP) is 4.76. The molecule has 2 atom stereocenters. The molecule has 0 spiro atoms. The SMILES string of the molecule is C=C(Cl)CN(CC(O)c1ccccc1)S(=O)(=O)c1ccc([N+](=O)[O-])cc1.O=C1CC(c2ccccc2)CN(S(=O)(=O)c2ccc([N+](=O)[O-])cc2)C1.O=S(=O)(O)O. The van der Waals surface area contributed by atoms with E-state index in [1.165, 1.54) is 12.1 Å². The molecule has 1 aliphatic rings. The van der Waals surface area contributed by atoms with Crippen LogP contribution in [0.1, 0.15) is 29.6 Å². The van der Waals surface area contributed by atoms with E-state index in [9.17, 15) is 47.0 Å². The summed E-state index contributed by atoms with van der Waals surface area (Å²) < 4.78 is 85.0. The standard InChI is InChI=1S/C17H17ClN2O5S.C17H16N2O5S.H2O4S/c1-13(18)11-19(12-17(21)14-5-3-2-4-6-14)26(24,25)16-9-7-15(8-10-16)20(22)23;20-16-10-14(13-4-2-1-3-5-13)11-18(12-16)25(23,24)17-8-6-15(7-9-17)19(21)22;1-5(2,3)4/h2-10,17,21H,1,11-12H2;1-9,14H,10-12H2;(H2,1,2,3,4). The van der Waals surface area contributed by atoms with Crippen LogP contribution in [0, 0.1) is 20.2 Å². The number of Topliss-reactive ketones (excluding diaryl/α,β-unsaturated/α-hetero) is 1. The van der Waals surface area contributed by atoms with E-state index in [4.69, 9.17) is 29.1 Å². The molecule has 2 unspecified atom stereocenters. The number of nitro groups is 2. The van der Waals surface area contributed by atoms with Crippen LogP contribution in [0.3, 0.4) is 0 Å². The minimum absolute atomic E-state index is 0.0559. The second-order valence-electron chi connectivity index (χ2n) is 11.8. The maximum absolute atomic E-state index is 12.9. The molecule has 56 heavy (non-hydrogen) atoms. The highest BCUT2D eigenvalue weighted by atomic mass is 35.5. The number of rotatable bonds is 12. The number of carbonyl (C=O) groups is 1. The highest BCUT2D eigenvalue weighted by molar-refractivity contribution is 7.89. The highest BCUT2D eigenvalue weighted by Gasteiger charge is 2.35. The molecule has 4 aromatic carbocycles. The molecule has 1 fully saturated rings. The summed E-state index contributed by atoms with van der Waals surface area (Å²) in [5.74, 6) is -0.346. The number of sulfonamides is 2. The van der Waals surface area contributed by atoms with Crippen LogP contribution in [0.2, 0.25) is 0 Å². The molecule has 0 aromatic heterocycles. The zero-order chi connectivity index (χ0) is 41.8. The fourth-order valence-corrected chi connectivity index (χ4v) is 8.36. The summed E-state index contributed by atoms with van der Waals surface area (Å²) in [6, 6.07) is 27.1. The number of aliphatic hydroxyl groups is 1. The lowest BCUT2D eigenvalue weighted by molar-refractivity contribution is -0.385.